The van der Waals surface area contributed by atoms with E-state index >= 15 is 0 Å². The van der Waals surface area contributed by atoms with E-state index in [1.807, 2.05) is 6.92 Å². The lowest BCUT2D eigenvalue weighted by molar-refractivity contribution is -0.244. The Morgan fingerprint density at radius 2 is 1.81 bits per heavy atom. The number of ether oxygens (including phenoxy) is 3. The fourth-order valence-electron chi connectivity index (χ4n) is 5.68. The van der Waals surface area contributed by atoms with Gasteiger partial charge in [0.05, 0.1) is 11.5 Å². The van der Waals surface area contributed by atoms with Gasteiger partial charge in [-0.05, 0) is 26.2 Å². The molecule has 3 rings (SSSR count). The monoisotopic (exact) mass is 368 g/mol. The van der Waals surface area contributed by atoms with E-state index < -0.39 is 47.1 Å². The van der Waals surface area contributed by atoms with E-state index in [2.05, 4.69) is 0 Å². The highest BCUT2D eigenvalue weighted by molar-refractivity contribution is 5.75. The molecule has 2 saturated carbocycles. The van der Waals surface area contributed by atoms with E-state index in [0.717, 1.165) is 0 Å². The second-order valence-corrected chi connectivity index (χ2v) is 8.60. The summed E-state index contributed by atoms with van der Waals surface area (Å²) in [6.45, 7) is 8.12. The molecule has 0 spiro atoms. The minimum Gasteiger partial charge on any atom is -0.462 e. The number of fused-ring (bicyclic) bond motifs is 2. The zero-order valence-corrected chi connectivity index (χ0v) is 16.0. The number of aliphatic hydroxyl groups is 1. The number of rotatable bonds is 2. The van der Waals surface area contributed by atoms with Gasteiger partial charge < -0.3 is 19.3 Å². The van der Waals surface area contributed by atoms with E-state index in [9.17, 15) is 19.5 Å². The van der Waals surface area contributed by atoms with Gasteiger partial charge in [0.25, 0.3) is 0 Å². The average Bonchev–Trinajstić information content (AvgIpc) is 2.75. The van der Waals surface area contributed by atoms with E-state index in [1.165, 1.54) is 13.8 Å². The highest BCUT2D eigenvalue weighted by Gasteiger charge is 2.67. The molecule has 8 atom stereocenters. The maximum absolute atomic E-state index is 12.2. The van der Waals surface area contributed by atoms with Crippen molar-refractivity contribution in [3.63, 3.8) is 0 Å². The first kappa shape index (κ1) is 19.1. The van der Waals surface area contributed by atoms with Crippen LogP contribution < -0.4 is 0 Å². The highest BCUT2D eigenvalue weighted by atomic mass is 16.6. The molecule has 3 aliphatic rings. The zero-order valence-electron chi connectivity index (χ0n) is 16.0. The molecule has 3 fully saturated rings. The lowest BCUT2D eigenvalue weighted by Gasteiger charge is -2.59. The van der Waals surface area contributed by atoms with Crippen molar-refractivity contribution in [1.82, 2.24) is 0 Å². The Bertz CT molecular complexity index is 627. The molecule has 0 aromatic rings. The maximum atomic E-state index is 12.2. The minimum absolute atomic E-state index is 0.313. The van der Waals surface area contributed by atoms with Crippen LogP contribution in [0.25, 0.3) is 0 Å². The molecule has 2 aliphatic carbocycles. The summed E-state index contributed by atoms with van der Waals surface area (Å²) in [7, 11) is 0. The predicted molar refractivity (Wildman–Crippen MR) is 89.7 cm³/mol. The standard InChI is InChI=1S/C19H28O7/c1-9-14-12(26-17(9)22)8-18(4)13(24-10(2)20)6-7-19(5,23)16(18)15(14)25-11(3)21/h9,12-16,23H,6-8H2,1-5H3/t9-,12+,13-,14-,15+,16-,18+,19-/m1/s1. The molecule has 1 saturated heterocycles. The lowest BCUT2D eigenvalue weighted by atomic mass is 9.50. The Kier molecular flexibility index (Phi) is 4.58. The summed E-state index contributed by atoms with van der Waals surface area (Å²) < 4.78 is 16.8. The topological polar surface area (TPSA) is 99.1 Å². The summed E-state index contributed by atoms with van der Waals surface area (Å²) in [6.07, 6.45) is -0.138. The van der Waals surface area contributed by atoms with Gasteiger partial charge in [-0.15, -0.1) is 0 Å². The van der Waals surface area contributed by atoms with E-state index in [0.29, 0.717) is 19.3 Å². The molecule has 0 aromatic carbocycles. The summed E-state index contributed by atoms with van der Waals surface area (Å²) in [4.78, 5) is 35.6. The van der Waals surface area contributed by atoms with Crippen LogP contribution >= 0.6 is 0 Å². The Labute approximate surface area is 153 Å². The molecule has 26 heavy (non-hydrogen) atoms. The Balaban J connectivity index is 2.08. The Hall–Kier alpha value is -1.63. The van der Waals surface area contributed by atoms with Gasteiger partial charge in [0, 0.05) is 31.1 Å². The van der Waals surface area contributed by atoms with Gasteiger partial charge in [-0.3, -0.25) is 14.4 Å². The summed E-state index contributed by atoms with van der Waals surface area (Å²) in [5.74, 6) is -2.36. The van der Waals surface area contributed by atoms with Gasteiger partial charge in [0.15, 0.2) is 0 Å². The van der Waals surface area contributed by atoms with Crippen molar-refractivity contribution >= 4 is 17.9 Å². The number of hydrogen-bond acceptors (Lipinski definition) is 7. The average molecular weight is 368 g/mol. The van der Waals surface area contributed by atoms with Crippen molar-refractivity contribution in [2.45, 2.75) is 77.8 Å². The third-order valence-corrected chi connectivity index (χ3v) is 6.63. The van der Waals surface area contributed by atoms with Crippen molar-refractivity contribution in [2.24, 2.45) is 23.2 Å². The fraction of sp³-hybridized carbons (Fsp3) is 0.842. The van der Waals surface area contributed by atoms with Crippen molar-refractivity contribution < 1.29 is 33.7 Å². The smallest absolute Gasteiger partial charge is 0.309 e. The molecule has 0 amide bonds. The van der Waals surface area contributed by atoms with Gasteiger partial charge in [0.1, 0.15) is 18.3 Å². The normalized spacial score (nSPS) is 47.4. The first-order valence-corrected chi connectivity index (χ1v) is 9.24. The van der Waals surface area contributed by atoms with Crippen molar-refractivity contribution in [1.29, 1.82) is 0 Å². The molecule has 0 unspecified atom stereocenters. The Morgan fingerprint density at radius 1 is 1.19 bits per heavy atom. The second-order valence-electron chi connectivity index (χ2n) is 8.60. The quantitative estimate of drug-likeness (QED) is 0.584. The number of esters is 3. The van der Waals surface area contributed by atoms with Gasteiger partial charge in [0.2, 0.25) is 0 Å². The molecule has 146 valence electrons. The van der Waals surface area contributed by atoms with E-state index in [1.54, 1.807) is 13.8 Å². The molecule has 0 bridgehead atoms. The maximum Gasteiger partial charge on any atom is 0.309 e. The largest absolute Gasteiger partial charge is 0.462 e. The summed E-state index contributed by atoms with van der Waals surface area (Å²) in [5, 5.41) is 11.2. The molecule has 1 N–H and O–H groups in total. The molecule has 1 heterocycles. The molecular formula is C19H28O7. The van der Waals surface area contributed by atoms with Crippen LogP contribution in [0.3, 0.4) is 0 Å². The van der Waals surface area contributed by atoms with E-state index in [-0.39, 0.29) is 17.9 Å². The third kappa shape index (κ3) is 2.90. The van der Waals surface area contributed by atoms with Crippen LogP contribution in [0.15, 0.2) is 0 Å². The lowest BCUT2D eigenvalue weighted by Crippen LogP contribution is -2.66. The van der Waals surface area contributed by atoms with Crippen LogP contribution in [-0.2, 0) is 28.6 Å². The van der Waals surface area contributed by atoms with Gasteiger partial charge in [-0.25, -0.2) is 0 Å². The molecular weight excluding hydrogens is 340 g/mol. The molecule has 7 nitrogen and oxygen atoms in total. The third-order valence-electron chi connectivity index (χ3n) is 6.63. The van der Waals surface area contributed by atoms with Gasteiger partial charge in [-0.2, -0.15) is 0 Å². The SMILES string of the molecule is CC(=O)O[C@H]1[C@H]2[C@H](C[C@]3(C)[C@@H]1[C@](C)(O)CC[C@H]3OC(C)=O)OC(=O)[C@@H]2C. The van der Waals surface area contributed by atoms with Crippen LogP contribution in [0.5, 0.6) is 0 Å². The van der Waals surface area contributed by atoms with Crippen LogP contribution in [0.1, 0.15) is 53.9 Å². The predicted octanol–water partition coefficient (Wildman–Crippen LogP) is 1.60. The number of carbonyl (C=O) groups is 3. The fourth-order valence-corrected chi connectivity index (χ4v) is 5.68. The van der Waals surface area contributed by atoms with Crippen LogP contribution in [-0.4, -0.2) is 46.9 Å². The first-order valence-electron chi connectivity index (χ1n) is 9.24. The van der Waals surface area contributed by atoms with Gasteiger partial charge >= 0.3 is 17.9 Å². The number of hydrogen-bond donors (Lipinski definition) is 1. The van der Waals surface area contributed by atoms with Crippen molar-refractivity contribution in [2.75, 3.05) is 0 Å². The van der Waals surface area contributed by atoms with E-state index in [4.69, 9.17) is 14.2 Å². The van der Waals surface area contributed by atoms with Crippen LogP contribution in [0, 0.1) is 23.2 Å². The zero-order chi connectivity index (χ0) is 19.4. The van der Waals surface area contributed by atoms with Crippen LogP contribution in [0.4, 0.5) is 0 Å². The minimum atomic E-state index is -1.11. The molecule has 1 aliphatic heterocycles. The molecule has 7 heteroatoms. The summed E-state index contributed by atoms with van der Waals surface area (Å²) in [6, 6.07) is 0. The van der Waals surface area contributed by atoms with Gasteiger partial charge in [-0.1, -0.05) is 13.8 Å². The highest BCUT2D eigenvalue weighted by Crippen LogP contribution is 2.60. The Morgan fingerprint density at radius 3 is 2.38 bits per heavy atom. The van der Waals surface area contributed by atoms with Crippen molar-refractivity contribution in [3.05, 3.63) is 0 Å². The summed E-state index contributed by atoms with van der Waals surface area (Å²) in [5.41, 5.74) is -1.78. The van der Waals surface area contributed by atoms with Crippen molar-refractivity contribution in [3.8, 4) is 0 Å². The second kappa shape index (κ2) is 6.22. The van der Waals surface area contributed by atoms with Crippen LogP contribution in [0.2, 0.25) is 0 Å². The molecule has 0 aromatic heterocycles. The first-order chi connectivity index (χ1) is 12.0. The molecule has 0 radical (unpaired) electrons. The summed E-state index contributed by atoms with van der Waals surface area (Å²) >= 11 is 0. The number of carbonyl (C=O) groups excluding carboxylic acids is 3.